The van der Waals surface area contributed by atoms with E-state index in [0.29, 0.717) is 17.4 Å². The maximum atomic E-state index is 13.2. The second kappa shape index (κ2) is 4.76. The Balaban J connectivity index is 1.92. The van der Waals surface area contributed by atoms with Gasteiger partial charge in [0, 0.05) is 5.92 Å². The molecule has 7 heteroatoms. The molecule has 1 aliphatic rings. The molecule has 0 saturated carbocycles. The Morgan fingerprint density at radius 1 is 1.33 bits per heavy atom. The number of rotatable bonds is 3. The smallest absolute Gasteiger partial charge is 0.299 e. The summed E-state index contributed by atoms with van der Waals surface area (Å²) in [6, 6.07) is 3.66. The predicted octanol–water partition coefficient (Wildman–Crippen LogP) is 2.06. The molecule has 1 aromatic carbocycles. The van der Waals surface area contributed by atoms with Gasteiger partial charge >= 0.3 is 0 Å². The van der Waals surface area contributed by atoms with Crippen LogP contribution in [0.1, 0.15) is 41.8 Å². The van der Waals surface area contributed by atoms with Gasteiger partial charge in [-0.3, -0.25) is 14.5 Å². The Morgan fingerprint density at radius 2 is 2.10 bits per heavy atom. The van der Waals surface area contributed by atoms with Gasteiger partial charge in [0.15, 0.2) is 5.82 Å². The van der Waals surface area contributed by atoms with E-state index in [1.807, 2.05) is 13.8 Å². The van der Waals surface area contributed by atoms with E-state index in [-0.39, 0.29) is 18.0 Å². The molecule has 2 aromatic rings. The summed E-state index contributed by atoms with van der Waals surface area (Å²) < 4.78 is 18.2. The average Bonchev–Trinajstić information content (AvgIpc) is 2.99. The Kier molecular flexibility index (Phi) is 3.04. The maximum Gasteiger partial charge on any atom is 0.299 e. The fraction of sp³-hybridized carbons (Fsp3) is 0.286. The molecule has 0 bridgehead atoms. The van der Waals surface area contributed by atoms with Crippen molar-refractivity contribution in [2.45, 2.75) is 26.3 Å². The molecule has 1 aliphatic heterocycles. The molecule has 108 valence electrons. The third kappa shape index (κ3) is 2.20. The summed E-state index contributed by atoms with van der Waals surface area (Å²) >= 11 is 0. The zero-order chi connectivity index (χ0) is 15.1. The normalized spacial score (nSPS) is 14.2. The van der Waals surface area contributed by atoms with E-state index in [0.717, 1.165) is 6.07 Å². The van der Waals surface area contributed by atoms with Gasteiger partial charge in [-0.05, 0) is 18.2 Å². The molecule has 3 rings (SSSR count). The number of carbonyl (C=O) groups is 2. The van der Waals surface area contributed by atoms with Crippen LogP contribution < -0.4 is 4.90 Å². The lowest BCUT2D eigenvalue weighted by molar-refractivity contribution is -0.114. The van der Waals surface area contributed by atoms with Crippen LogP contribution in [0.25, 0.3) is 0 Å². The standard InChI is InChI=1S/C14H12FN3O3/c1-7(2)13-16-11(17-21-13)6-18-10-4-3-8(15)5-9(10)12(19)14(18)20/h3-5,7H,6H2,1-2H3. The van der Waals surface area contributed by atoms with E-state index in [2.05, 4.69) is 10.1 Å². The third-order valence-corrected chi connectivity index (χ3v) is 3.21. The van der Waals surface area contributed by atoms with Crippen molar-refractivity contribution >= 4 is 17.4 Å². The highest BCUT2D eigenvalue weighted by Gasteiger charge is 2.36. The molecule has 0 radical (unpaired) electrons. The van der Waals surface area contributed by atoms with Gasteiger partial charge < -0.3 is 4.52 Å². The lowest BCUT2D eigenvalue weighted by Gasteiger charge is -2.13. The molecule has 0 unspecified atom stereocenters. The summed E-state index contributed by atoms with van der Waals surface area (Å²) in [5, 5.41) is 3.79. The van der Waals surface area contributed by atoms with Gasteiger partial charge in [0.25, 0.3) is 11.7 Å². The van der Waals surface area contributed by atoms with Crippen LogP contribution >= 0.6 is 0 Å². The number of ketones is 1. The van der Waals surface area contributed by atoms with E-state index in [4.69, 9.17) is 4.52 Å². The van der Waals surface area contributed by atoms with E-state index in [1.165, 1.54) is 17.0 Å². The number of halogens is 1. The van der Waals surface area contributed by atoms with Crippen LogP contribution in [0.15, 0.2) is 22.7 Å². The van der Waals surface area contributed by atoms with E-state index >= 15 is 0 Å². The lowest BCUT2D eigenvalue weighted by atomic mass is 10.1. The Hall–Kier alpha value is -2.57. The van der Waals surface area contributed by atoms with Crippen molar-refractivity contribution in [3.63, 3.8) is 0 Å². The van der Waals surface area contributed by atoms with Crippen LogP contribution in [0.3, 0.4) is 0 Å². The minimum absolute atomic E-state index is 0.0133. The first-order valence-electron chi connectivity index (χ1n) is 6.45. The van der Waals surface area contributed by atoms with Gasteiger partial charge in [-0.1, -0.05) is 19.0 Å². The molecule has 0 atom stereocenters. The van der Waals surface area contributed by atoms with Gasteiger partial charge in [-0.25, -0.2) is 4.39 Å². The summed E-state index contributed by atoms with van der Waals surface area (Å²) in [5.74, 6) is -1.16. The van der Waals surface area contributed by atoms with Gasteiger partial charge in [0.05, 0.1) is 17.8 Å². The number of fused-ring (bicyclic) bond motifs is 1. The third-order valence-electron chi connectivity index (χ3n) is 3.21. The molecule has 0 fully saturated rings. The molecule has 0 spiro atoms. The minimum atomic E-state index is -0.725. The first-order valence-corrected chi connectivity index (χ1v) is 6.45. The molecule has 1 aromatic heterocycles. The lowest BCUT2D eigenvalue weighted by Crippen LogP contribution is -2.29. The van der Waals surface area contributed by atoms with Gasteiger partial charge in [0.1, 0.15) is 5.82 Å². The molecular weight excluding hydrogens is 277 g/mol. The van der Waals surface area contributed by atoms with Crippen molar-refractivity contribution in [1.29, 1.82) is 0 Å². The fourth-order valence-corrected chi connectivity index (χ4v) is 2.14. The minimum Gasteiger partial charge on any atom is -0.339 e. The van der Waals surface area contributed by atoms with E-state index < -0.39 is 17.5 Å². The summed E-state index contributed by atoms with van der Waals surface area (Å²) in [4.78, 5) is 29.2. The van der Waals surface area contributed by atoms with Crippen LogP contribution in [0.4, 0.5) is 10.1 Å². The number of carbonyl (C=O) groups excluding carboxylic acids is 2. The van der Waals surface area contributed by atoms with Crippen LogP contribution in [0.2, 0.25) is 0 Å². The molecule has 21 heavy (non-hydrogen) atoms. The number of benzene rings is 1. The number of hydrogen-bond donors (Lipinski definition) is 0. The van der Waals surface area contributed by atoms with Crippen molar-refractivity contribution in [3.8, 4) is 0 Å². The number of aromatic nitrogens is 2. The van der Waals surface area contributed by atoms with Crippen molar-refractivity contribution in [1.82, 2.24) is 10.1 Å². The zero-order valence-electron chi connectivity index (χ0n) is 11.5. The second-order valence-corrected chi connectivity index (χ2v) is 5.09. The van der Waals surface area contributed by atoms with Crippen molar-refractivity contribution in [2.75, 3.05) is 4.90 Å². The highest BCUT2D eigenvalue weighted by molar-refractivity contribution is 6.52. The quantitative estimate of drug-likeness (QED) is 0.808. The van der Waals surface area contributed by atoms with E-state index in [1.54, 1.807) is 0 Å². The average molecular weight is 289 g/mol. The highest BCUT2D eigenvalue weighted by Crippen LogP contribution is 2.30. The Bertz CT molecular complexity index is 739. The molecule has 0 aliphatic carbocycles. The van der Waals surface area contributed by atoms with E-state index in [9.17, 15) is 14.0 Å². The predicted molar refractivity (Wildman–Crippen MR) is 70.3 cm³/mol. The zero-order valence-corrected chi connectivity index (χ0v) is 11.5. The molecular formula is C14H12FN3O3. The number of anilines is 1. The summed E-state index contributed by atoms with van der Waals surface area (Å²) in [5.41, 5.74) is 0.426. The summed E-state index contributed by atoms with van der Waals surface area (Å²) in [6.45, 7) is 3.82. The Morgan fingerprint density at radius 3 is 2.76 bits per heavy atom. The summed E-state index contributed by atoms with van der Waals surface area (Å²) in [7, 11) is 0. The number of Topliss-reactive ketones (excluding diaryl/α,β-unsaturated/α-hetero) is 1. The van der Waals surface area contributed by atoms with Gasteiger partial charge in [0.2, 0.25) is 5.89 Å². The second-order valence-electron chi connectivity index (χ2n) is 5.09. The Labute approximate surface area is 119 Å². The van der Waals surface area contributed by atoms with Crippen LogP contribution in [0.5, 0.6) is 0 Å². The molecule has 6 nitrogen and oxygen atoms in total. The van der Waals surface area contributed by atoms with Crippen molar-refractivity contribution < 1.29 is 18.5 Å². The molecule has 1 amide bonds. The van der Waals surface area contributed by atoms with Gasteiger partial charge in [-0.15, -0.1) is 0 Å². The monoisotopic (exact) mass is 289 g/mol. The van der Waals surface area contributed by atoms with Crippen LogP contribution in [-0.2, 0) is 11.3 Å². The van der Waals surface area contributed by atoms with Crippen LogP contribution in [-0.4, -0.2) is 21.8 Å². The maximum absolute atomic E-state index is 13.2. The number of hydrogen-bond acceptors (Lipinski definition) is 5. The topological polar surface area (TPSA) is 76.3 Å². The largest absolute Gasteiger partial charge is 0.339 e. The molecule has 0 saturated heterocycles. The molecule has 0 N–H and O–H groups in total. The number of amides is 1. The van der Waals surface area contributed by atoms with Crippen LogP contribution in [0, 0.1) is 5.82 Å². The first-order chi connectivity index (χ1) is 9.97. The van der Waals surface area contributed by atoms with Crippen molar-refractivity contribution in [2.24, 2.45) is 0 Å². The molecule has 2 heterocycles. The van der Waals surface area contributed by atoms with Gasteiger partial charge in [-0.2, -0.15) is 4.98 Å². The fourth-order valence-electron chi connectivity index (χ4n) is 2.14. The first kappa shape index (κ1) is 13.4. The van der Waals surface area contributed by atoms with Crippen molar-refractivity contribution in [3.05, 3.63) is 41.3 Å². The summed E-state index contributed by atoms with van der Waals surface area (Å²) in [6.07, 6.45) is 0. The number of nitrogens with zero attached hydrogens (tertiary/aromatic N) is 3. The SMILES string of the molecule is CC(C)c1nc(CN2C(=O)C(=O)c3cc(F)ccc32)no1. The highest BCUT2D eigenvalue weighted by atomic mass is 19.1.